The van der Waals surface area contributed by atoms with Gasteiger partial charge in [0.15, 0.2) is 0 Å². The Morgan fingerprint density at radius 3 is 2.10 bits per heavy atom. The van der Waals surface area contributed by atoms with Crippen LogP contribution in [-0.4, -0.2) is 45.5 Å². The van der Waals surface area contributed by atoms with E-state index in [0.29, 0.717) is 13.0 Å². The van der Waals surface area contributed by atoms with Crippen LogP contribution < -0.4 is 11.4 Å². The lowest BCUT2D eigenvalue weighted by Crippen LogP contribution is -2.65. The van der Waals surface area contributed by atoms with Crippen LogP contribution in [-0.2, 0) is 17.7 Å². The summed E-state index contributed by atoms with van der Waals surface area (Å²) in [4.78, 5) is 16.3. The highest BCUT2D eigenvalue weighted by Gasteiger charge is 2.60. The molecule has 31 heavy (non-hydrogen) atoms. The van der Waals surface area contributed by atoms with Gasteiger partial charge in [0.1, 0.15) is 18.1 Å². The van der Waals surface area contributed by atoms with Gasteiger partial charge >= 0.3 is 22.8 Å². The summed E-state index contributed by atoms with van der Waals surface area (Å²) in [7, 11) is -5.29. The van der Waals surface area contributed by atoms with Crippen LogP contribution in [0.2, 0.25) is 22.2 Å². The Balaban J connectivity index is 2.01. The van der Waals surface area contributed by atoms with Crippen LogP contribution in [0.4, 0.5) is 5.82 Å². The summed E-state index contributed by atoms with van der Waals surface area (Å²) in [6.07, 6.45) is 1.28. The molecule has 2 aliphatic heterocycles. The number of anilines is 1. The van der Waals surface area contributed by atoms with Crippen LogP contribution in [0.1, 0.15) is 68.0 Å². The van der Waals surface area contributed by atoms with Crippen LogP contribution in [0.25, 0.3) is 0 Å². The molecule has 3 rings (SSSR count). The number of rotatable bonds is 5. The molecular weight excluding hydrogens is 430 g/mol. The highest BCUT2D eigenvalue weighted by Crippen LogP contribution is 2.48. The van der Waals surface area contributed by atoms with Crippen molar-refractivity contribution in [1.82, 2.24) is 9.55 Å². The fraction of sp³-hybridized carbons (Fsp3) is 0.810. The molecule has 3 atom stereocenters. The fourth-order valence-electron chi connectivity index (χ4n) is 4.95. The molecule has 2 N–H and O–H groups in total. The maximum Gasteiger partial charge on any atom is 0.351 e. The van der Waals surface area contributed by atoms with E-state index in [9.17, 15) is 4.79 Å². The molecule has 2 fully saturated rings. The first-order valence-electron chi connectivity index (χ1n) is 11.4. The predicted octanol–water partition coefficient (Wildman–Crippen LogP) is 4.07. The average molecular weight is 470 g/mol. The summed E-state index contributed by atoms with van der Waals surface area (Å²) in [5.41, 5.74) is 6.29. The Kier molecular flexibility index (Phi) is 7.19. The number of ether oxygens (including phenoxy) is 1. The standard InChI is InChI=1S/C21H39N3O5Si2/c1-13(2)30(14(3)4)26-12-18-17(28-31(29-30,15(5)6)16(7)8)11-20(27-18)24-10-9-19(22)23-21(24)25/h9-10,13-18,20H,11-12H2,1-8H3,(H2,22,23,25). The minimum absolute atomic E-state index is 0.197. The molecule has 2 saturated heterocycles. The summed E-state index contributed by atoms with van der Waals surface area (Å²) in [5.74, 6) is 0.203. The van der Waals surface area contributed by atoms with Crippen LogP contribution >= 0.6 is 0 Å². The summed E-state index contributed by atoms with van der Waals surface area (Å²) >= 11 is 0. The lowest BCUT2D eigenvalue weighted by Gasteiger charge is -2.51. The molecule has 0 radical (unpaired) electrons. The molecule has 2 aliphatic rings. The quantitative estimate of drug-likeness (QED) is 0.649. The first kappa shape index (κ1) is 24.6. The Morgan fingerprint density at radius 2 is 1.58 bits per heavy atom. The summed E-state index contributed by atoms with van der Waals surface area (Å²) in [6.45, 7) is 18.0. The van der Waals surface area contributed by atoms with Gasteiger partial charge < -0.3 is 23.4 Å². The number of aromatic nitrogens is 2. The van der Waals surface area contributed by atoms with Crippen molar-refractivity contribution in [3.8, 4) is 0 Å². The maximum absolute atomic E-state index is 12.4. The second-order valence-electron chi connectivity index (χ2n) is 10.0. The van der Waals surface area contributed by atoms with Gasteiger partial charge in [0.25, 0.3) is 0 Å². The number of nitrogen functional groups attached to an aromatic ring is 1. The lowest BCUT2D eigenvalue weighted by molar-refractivity contribution is -0.0565. The van der Waals surface area contributed by atoms with Crippen molar-refractivity contribution in [2.45, 2.75) is 102 Å². The molecule has 8 nitrogen and oxygen atoms in total. The number of fused-ring (bicyclic) bond motifs is 1. The highest BCUT2D eigenvalue weighted by atomic mass is 28.5. The van der Waals surface area contributed by atoms with E-state index in [1.165, 1.54) is 4.57 Å². The third-order valence-corrected chi connectivity index (χ3v) is 17.0. The van der Waals surface area contributed by atoms with E-state index in [1.807, 2.05) is 0 Å². The average Bonchev–Trinajstić information content (AvgIpc) is 3.02. The molecule has 0 spiro atoms. The minimum Gasteiger partial charge on any atom is -0.414 e. The maximum atomic E-state index is 12.4. The van der Waals surface area contributed by atoms with E-state index in [-0.39, 0.29) is 40.2 Å². The molecular formula is C21H39N3O5Si2. The Bertz CT molecular complexity index is 813. The van der Waals surface area contributed by atoms with E-state index in [0.717, 1.165) is 0 Å². The summed E-state index contributed by atoms with van der Waals surface area (Å²) in [6, 6.07) is 1.61. The third kappa shape index (κ3) is 4.42. The molecule has 0 amide bonds. The lowest BCUT2D eigenvalue weighted by atomic mass is 10.2. The molecule has 0 aliphatic carbocycles. The van der Waals surface area contributed by atoms with E-state index in [4.69, 9.17) is 23.4 Å². The van der Waals surface area contributed by atoms with Crippen molar-refractivity contribution in [2.24, 2.45) is 0 Å². The Morgan fingerprint density at radius 1 is 1.00 bits per heavy atom. The van der Waals surface area contributed by atoms with Crippen LogP contribution in [0.3, 0.4) is 0 Å². The van der Waals surface area contributed by atoms with Gasteiger partial charge in [0.05, 0.1) is 12.7 Å². The van der Waals surface area contributed by atoms with Crippen molar-refractivity contribution in [1.29, 1.82) is 0 Å². The molecule has 3 unspecified atom stereocenters. The fourth-order valence-corrected chi connectivity index (χ4v) is 16.2. The molecule has 1 aromatic heterocycles. The van der Waals surface area contributed by atoms with E-state index in [1.54, 1.807) is 12.3 Å². The van der Waals surface area contributed by atoms with Gasteiger partial charge in [-0.25, -0.2) is 4.79 Å². The minimum atomic E-state index is -2.69. The van der Waals surface area contributed by atoms with E-state index >= 15 is 0 Å². The van der Waals surface area contributed by atoms with Gasteiger partial charge in [0, 0.05) is 12.6 Å². The first-order valence-corrected chi connectivity index (χ1v) is 15.4. The van der Waals surface area contributed by atoms with Crippen LogP contribution in [0.15, 0.2) is 17.1 Å². The second-order valence-corrected chi connectivity index (χ2v) is 18.9. The second kappa shape index (κ2) is 9.07. The predicted molar refractivity (Wildman–Crippen MR) is 125 cm³/mol. The largest absolute Gasteiger partial charge is 0.414 e. The first-order chi connectivity index (χ1) is 14.4. The molecule has 0 saturated carbocycles. The molecule has 1 aromatic rings. The smallest absolute Gasteiger partial charge is 0.351 e. The Hall–Kier alpha value is -1.05. The zero-order chi connectivity index (χ0) is 23.1. The summed E-state index contributed by atoms with van der Waals surface area (Å²) in [5, 5.41) is 0. The number of hydrogen-bond donors (Lipinski definition) is 1. The van der Waals surface area contributed by atoms with Gasteiger partial charge in [-0.15, -0.1) is 0 Å². The van der Waals surface area contributed by atoms with Crippen LogP contribution in [0.5, 0.6) is 0 Å². The molecule has 176 valence electrons. The molecule has 0 bridgehead atoms. The Labute approximate surface area is 187 Å². The van der Waals surface area contributed by atoms with Gasteiger partial charge in [-0.3, -0.25) is 4.57 Å². The van der Waals surface area contributed by atoms with Crippen LogP contribution in [0, 0.1) is 0 Å². The van der Waals surface area contributed by atoms with E-state index in [2.05, 4.69) is 60.4 Å². The SMILES string of the molecule is CC(C)[Si]1(C(C)C)OCC2OC(n3ccc(N)nc3=O)CC2O[Si](C(C)C)(C(C)C)O1. The highest BCUT2D eigenvalue weighted by molar-refractivity contribution is 6.83. The third-order valence-electron chi connectivity index (χ3n) is 6.69. The zero-order valence-corrected chi connectivity index (χ0v) is 22.1. The van der Waals surface area contributed by atoms with Gasteiger partial charge in [0.2, 0.25) is 0 Å². The number of nitrogens with two attached hydrogens (primary N) is 1. The van der Waals surface area contributed by atoms with Gasteiger partial charge in [-0.1, -0.05) is 55.4 Å². The van der Waals surface area contributed by atoms with Gasteiger partial charge in [-0.2, -0.15) is 4.98 Å². The topological polar surface area (TPSA) is 97.8 Å². The van der Waals surface area contributed by atoms with Crippen molar-refractivity contribution in [2.75, 3.05) is 12.3 Å². The molecule has 3 heterocycles. The molecule has 10 heteroatoms. The van der Waals surface area contributed by atoms with Crippen molar-refractivity contribution in [3.63, 3.8) is 0 Å². The van der Waals surface area contributed by atoms with Gasteiger partial charge in [-0.05, 0) is 28.2 Å². The summed E-state index contributed by atoms with van der Waals surface area (Å²) < 4.78 is 28.7. The zero-order valence-electron chi connectivity index (χ0n) is 20.1. The molecule has 0 aromatic carbocycles. The van der Waals surface area contributed by atoms with E-state index < -0.39 is 29.0 Å². The number of nitrogens with zero attached hydrogens (tertiary/aromatic N) is 2. The number of hydrogen-bond acceptors (Lipinski definition) is 7. The van der Waals surface area contributed by atoms with Crippen molar-refractivity contribution < 1.29 is 17.7 Å². The normalized spacial score (nSPS) is 28.2. The monoisotopic (exact) mass is 469 g/mol. The van der Waals surface area contributed by atoms with Crippen molar-refractivity contribution in [3.05, 3.63) is 22.7 Å². The van der Waals surface area contributed by atoms with Crippen molar-refractivity contribution >= 4 is 22.9 Å².